The van der Waals surface area contributed by atoms with Crippen molar-refractivity contribution < 1.29 is 18.3 Å². The van der Waals surface area contributed by atoms with Crippen LogP contribution in [0.2, 0.25) is 0 Å². The van der Waals surface area contributed by atoms with E-state index >= 15 is 0 Å². The number of hydrogen-bond donors (Lipinski definition) is 2. The van der Waals surface area contributed by atoms with E-state index in [4.69, 9.17) is 4.74 Å². The third kappa shape index (κ3) is 4.20. The maximum absolute atomic E-state index is 12.5. The molecule has 130 valence electrons. The summed E-state index contributed by atoms with van der Waals surface area (Å²) >= 11 is 0. The van der Waals surface area contributed by atoms with Gasteiger partial charge in [-0.3, -0.25) is 0 Å². The van der Waals surface area contributed by atoms with E-state index in [9.17, 15) is 13.5 Å². The van der Waals surface area contributed by atoms with Crippen molar-refractivity contribution in [1.82, 2.24) is 14.0 Å². The number of aliphatic hydroxyl groups is 1. The third-order valence-corrected chi connectivity index (χ3v) is 6.02. The first-order chi connectivity index (χ1) is 10.9. The van der Waals surface area contributed by atoms with Crippen LogP contribution in [0.1, 0.15) is 38.3 Å². The molecule has 1 aliphatic rings. The maximum atomic E-state index is 12.5. The quantitative estimate of drug-likeness (QED) is 0.737. The SMILES string of the molecule is CCN(CC)S(=O)(=O)NC(c1ccc(OC)nc1)C1CC(O)C1. The zero-order chi connectivity index (χ0) is 17.0. The Hall–Kier alpha value is -1.22. The molecule has 0 spiro atoms. The van der Waals surface area contributed by atoms with Gasteiger partial charge < -0.3 is 9.84 Å². The lowest BCUT2D eigenvalue weighted by atomic mass is 9.76. The summed E-state index contributed by atoms with van der Waals surface area (Å²) in [6.07, 6.45) is 2.43. The molecule has 1 aromatic heterocycles. The van der Waals surface area contributed by atoms with Crippen molar-refractivity contribution in [3.63, 3.8) is 0 Å². The minimum absolute atomic E-state index is 0.0607. The Bertz CT molecular complexity index is 596. The van der Waals surface area contributed by atoms with E-state index in [1.165, 1.54) is 11.4 Å². The Labute approximate surface area is 137 Å². The molecule has 1 heterocycles. The molecule has 1 unspecified atom stereocenters. The molecule has 1 atom stereocenters. The second-order valence-corrected chi connectivity index (χ2v) is 7.41. The Kier molecular flexibility index (Phi) is 5.96. The lowest BCUT2D eigenvalue weighted by Crippen LogP contribution is -2.47. The van der Waals surface area contributed by atoms with Gasteiger partial charge in [0.2, 0.25) is 5.88 Å². The fourth-order valence-corrected chi connectivity index (χ4v) is 4.31. The average Bonchev–Trinajstić information content (AvgIpc) is 2.51. The molecule has 0 bridgehead atoms. The van der Waals surface area contributed by atoms with Crippen LogP contribution in [-0.2, 0) is 10.2 Å². The van der Waals surface area contributed by atoms with E-state index in [1.54, 1.807) is 26.1 Å². The van der Waals surface area contributed by atoms with Crippen LogP contribution in [0.5, 0.6) is 5.88 Å². The van der Waals surface area contributed by atoms with Crippen LogP contribution in [0, 0.1) is 5.92 Å². The standard InChI is InChI=1S/C15H25N3O4S/c1-4-18(5-2)23(20,21)17-15(12-8-13(19)9-12)11-6-7-14(22-3)16-10-11/h6-7,10,12-13,15,17,19H,4-5,8-9H2,1-3H3. The summed E-state index contributed by atoms with van der Waals surface area (Å²) < 4.78 is 34.3. The molecule has 1 aromatic rings. The van der Waals surface area contributed by atoms with E-state index in [-0.39, 0.29) is 12.0 Å². The highest BCUT2D eigenvalue weighted by atomic mass is 32.2. The Morgan fingerprint density at radius 1 is 1.39 bits per heavy atom. The van der Waals surface area contributed by atoms with Crippen LogP contribution in [0.25, 0.3) is 0 Å². The van der Waals surface area contributed by atoms with Crippen molar-refractivity contribution in [3.8, 4) is 5.88 Å². The number of hydrogen-bond acceptors (Lipinski definition) is 5. The summed E-state index contributed by atoms with van der Waals surface area (Å²) in [5, 5.41) is 9.57. The molecule has 1 fully saturated rings. The second kappa shape index (κ2) is 7.57. The molecule has 0 aromatic carbocycles. The summed E-state index contributed by atoms with van der Waals surface area (Å²) in [6.45, 7) is 4.43. The van der Waals surface area contributed by atoms with Crippen molar-refractivity contribution in [2.75, 3.05) is 20.2 Å². The normalized spacial score (nSPS) is 22.7. The van der Waals surface area contributed by atoms with E-state index in [1.807, 2.05) is 6.07 Å². The van der Waals surface area contributed by atoms with Crippen LogP contribution >= 0.6 is 0 Å². The molecule has 0 amide bonds. The predicted octanol–water partition coefficient (Wildman–Crippen LogP) is 1.08. The maximum Gasteiger partial charge on any atom is 0.279 e. The van der Waals surface area contributed by atoms with Gasteiger partial charge in [-0.1, -0.05) is 19.9 Å². The number of pyridine rings is 1. The molecule has 2 N–H and O–H groups in total. The molecule has 0 saturated heterocycles. The van der Waals surface area contributed by atoms with Gasteiger partial charge in [0.1, 0.15) is 0 Å². The second-order valence-electron chi connectivity index (χ2n) is 5.70. The van der Waals surface area contributed by atoms with Crippen molar-refractivity contribution >= 4 is 10.2 Å². The van der Waals surface area contributed by atoms with Crippen LogP contribution in [0.3, 0.4) is 0 Å². The summed E-state index contributed by atoms with van der Waals surface area (Å²) in [6, 6.07) is 3.12. The highest BCUT2D eigenvalue weighted by Gasteiger charge is 2.38. The zero-order valence-corrected chi connectivity index (χ0v) is 14.6. The van der Waals surface area contributed by atoms with Crippen molar-refractivity contribution in [2.45, 2.75) is 38.8 Å². The van der Waals surface area contributed by atoms with E-state index in [0.29, 0.717) is 31.8 Å². The topological polar surface area (TPSA) is 91.8 Å². The molecule has 0 aliphatic heterocycles. The lowest BCUT2D eigenvalue weighted by molar-refractivity contribution is 0.0277. The number of ether oxygens (including phenoxy) is 1. The molecule has 1 saturated carbocycles. The summed E-state index contributed by atoms with van der Waals surface area (Å²) in [5.74, 6) is 0.540. The fourth-order valence-electron chi connectivity index (χ4n) is 2.83. The number of aliphatic hydroxyl groups excluding tert-OH is 1. The van der Waals surface area contributed by atoms with Gasteiger partial charge in [-0.15, -0.1) is 0 Å². The number of rotatable bonds is 8. The Balaban J connectivity index is 2.24. The van der Waals surface area contributed by atoms with Crippen LogP contribution in [-0.4, -0.2) is 49.1 Å². The Morgan fingerprint density at radius 3 is 2.48 bits per heavy atom. The minimum Gasteiger partial charge on any atom is -0.481 e. The molecule has 7 nitrogen and oxygen atoms in total. The molecule has 23 heavy (non-hydrogen) atoms. The third-order valence-electron chi connectivity index (χ3n) is 4.27. The molecule has 8 heteroatoms. The first-order valence-corrected chi connectivity index (χ1v) is 9.30. The Morgan fingerprint density at radius 2 is 2.04 bits per heavy atom. The van der Waals surface area contributed by atoms with Gasteiger partial charge in [0.15, 0.2) is 0 Å². The van der Waals surface area contributed by atoms with Gasteiger partial charge in [-0.25, -0.2) is 4.98 Å². The lowest BCUT2D eigenvalue weighted by Gasteiger charge is -2.38. The number of methoxy groups -OCH3 is 1. The van der Waals surface area contributed by atoms with Gasteiger partial charge in [0, 0.05) is 25.4 Å². The molecular weight excluding hydrogens is 318 g/mol. The molecular formula is C15H25N3O4S. The van der Waals surface area contributed by atoms with E-state index in [0.717, 1.165) is 5.56 Å². The first-order valence-electron chi connectivity index (χ1n) is 7.86. The van der Waals surface area contributed by atoms with Crippen molar-refractivity contribution in [1.29, 1.82) is 0 Å². The highest BCUT2D eigenvalue weighted by molar-refractivity contribution is 7.87. The van der Waals surface area contributed by atoms with E-state index in [2.05, 4.69) is 9.71 Å². The molecule has 0 radical (unpaired) electrons. The van der Waals surface area contributed by atoms with Gasteiger partial charge in [0.25, 0.3) is 10.2 Å². The largest absolute Gasteiger partial charge is 0.481 e. The van der Waals surface area contributed by atoms with Crippen LogP contribution in [0.15, 0.2) is 18.3 Å². The molecule has 2 rings (SSSR count). The monoisotopic (exact) mass is 343 g/mol. The average molecular weight is 343 g/mol. The van der Waals surface area contributed by atoms with Gasteiger partial charge in [-0.05, 0) is 24.3 Å². The molecule has 1 aliphatic carbocycles. The van der Waals surface area contributed by atoms with Crippen LogP contribution < -0.4 is 9.46 Å². The number of nitrogens with zero attached hydrogens (tertiary/aromatic N) is 2. The van der Waals surface area contributed by atoms with Crippen LogP contribution in [0.4, 0.5) is 0 Å². The predicted molar refractivity (Wildman–Crippen MR) is 87.2 cm³/mol. The van der Waals surface area contributed by atoms with Gasteiger partial charge in [-0.2, -0.15) is 17.4 Å². The zero-order valence-electron chi connectivity index (χ0n) is 13.8. The van der Waals surface area contributed by atoms with E-state index < -0.39 is 16.3 Å². The van der Waals surface area contributed by atoms with Crippen molar-refractivity contribution in [3.05, 3.63) is 23.9 Å². The van der Waals surface area contributed by atoms with Crippen molar-refractivity contribution in [2.24, 2.45) is 5.92 Å². The highest BCUT2D eigenvalue weighted by Crippen LogP contribution is 2.38. The van der Waals surface area contributed by atoms with Gasteiger partial charge >= 0.3 is 0 Å². The number of aromatic nitrogens is 1. The summed E-state index contributed by atoms with van der Waals surface area (Å²) in [7, 11) is -2.05. The summed E-state index contributed by atoms with van der Waals surface area (Å²) in [5.41, 5.74) is 0.776. The van der Waals surface area contributed by atoms with Gasteiger partial charge in [0.05, 0.1) is 19.3 Å². The summed E-state index contributed by atoms with van der Waals surface area (Å²) in [4.78, 5) is 4.16. The smallest absolute Gasteiger partial charge is 0.279 e. The fraction of sp³-hybridized carbons (Fsp3) is 0.667. The first kappa shape index (κ1) is 18.1. The number of nitrogens with one attached hydrogen (secondary N) is 1. The minimum atomic E-state index is -3.58.